The molecule has 90 valence electrons. The number of hydrogen-bond acceptors (Lipinski definition) is 2. The van der Waals surface area contributed by atoms with Crippen LogP contribution in [0.2, 0.25) is 0 Å². The third-order valence-corrected chi connectivity index (χ3v) is 2.84. The Morgan fingerprint density at radius 3 is 2.50 bits per heavy atom. The molecule has 1 aromatic carbocycles. The summed E-state index contributed by atoms with van der Waals surface area (Å²) in [5, 5.41) is 0. The summed E-state index contributed by atoms with van der Waals surface area (Å²) in [6.07, 6.45) is 3.19. The van der Waals surface area contributed by atoms with E-state index in [1.165, 1.54) is 16.7 Å². The molecule has 0 spiro atoms. The Bertz CT molecular complexity index is 310. The Balaban J connectivity index is 2.60. The van der Waals surface area contributed by atoms with Gasteiger partial charge < -0.3 is 10.5 Å². The lowest BCUT2D eigenvalue weighted by Gasteiger charge is -2.10. The standard InChI is InChI=1S/C14H23NO/c1-3-12-5-6-13(4-2)14(11-12)7-9-16-10-8-15/h5-6,11H,3-4,7-10,15H2,1-2H3. The van der Waals surface area contributed by atoms with E-state index in [2.05, 4.69) is 32.0 Å². The Hall–Kier alpha value is -0.860. The molecule has 0 aliphatic heterocycles. The molecular weight excluding hydrogens is 198 g/mol. The van der Waals surface area contributed by atoms with Gasteiger partial charge in [-0.25, -0.2) is 0 Å². The van der Waals surface area contributed by atoms with Crippen molar-refractivity contribution in [1.82, 2.24) is 0 Å². The molecule has 0 amide bonds. The van der Waals surface area contributed by atoms with E-state index >= 15 is 0 Å². The van der Waals surface area contributed by atoms with Gasteiger partial charge in [0, 0.05) is 6.54 Å². The van der Waals surface area contributed by atoms with E-state index in [-0.39, 0.29) is 0 Å². The van der Waals surface area contributed by atoms with Crippen molar-refractivity contribution in [3.8, 4) is 0 Å². The first kappa shape index (κ1) is 13.2. The monoisotopic (exact) mass is 221 g/mol. The molecule has 2 nitrogen and oxygen atoms in total. The molecule has 2 N–H and O–H groups in total. The second kappa shape index (κ2) is 7.42. The van der Waals surface area contributed by atoms with Crippen LogP contribution < -0.4 is 5.73 Å². The van der Waals surface area contributed by atoms with E-state index < -0.39 is 0 Å². The van der Waals surface area contributed by atoms with Crippen molar-refractivity contribution >= 4 is 0 Å². The third kappa shape index (κ3) is 3.95. The molecule has 0 aliphatic carbocycles. The summed E-state index contributed by atoms with van der Waals surface area (Å²) in [4.78, 5) is 0. The topological polar surface area (TPSA) is 35.2 Å². The van der Waals surface area contributed by atoms with Crippen LogP contribution in [0.1, 0.15) is 30.5 Å². The van der Waals surface area contributed by atoms with Crippen LogP contribution in [0.15, 0.2) is 18.2 Å². The average Bonchev–Trinajstić information content (AvgIpc) is 2.34. The first-order valence-electron chi connectivity index (χ1n) is 6.20. The normalized spacial score (nSPS) is 10.7. The van der Waals surface area contributed by atoms with Crippen LogP contribution in [0.25, 0.3) is 0 Å². The fourth-order valence-electron chi connectivity index (χ4n) is 1.84. The van der Waals surface area contributed by atoms with E-state index in [0.717, 1.165) is 25.9 Å². The van der Waals surface area contributed by atoms with Gasteiger partial charge in [0.15, 0.2) is 0 Å². The number of aryl methyl sites for hydroxylation is 2. The zero-order valence-corrected chi connectivity index (χ0v) is 10.5. The van der Waals surface area contributed by atoms with Crippen LogP contribution in [0.4, 0.5) is 0 Å². The highest BCUT2D eigenvalue weighted by atomic mass is 16.5. The summed E-state index contributed by atoms with van der Waals surface area (Å²) in [6, 6.07) is 6.78. The average molecular weight is 221 g/mol. The Morgan fingerprint density at radius 1 is 1.06 bits per heavy atom. The second-order valence-electron chi connectivity index (χ2n) is 3.96. The van der Waals surface area contributed by atoms with Gasteiger partial charge >= 0.3 is 0 Å². The van der Waals surface area contributed by atoms with Gasteiger partial charge in [-0.05, 0) is 36.0 Å². The van der Waals surface area contributed by atoms with Crippen molar-refractivity contribution in [1.29, 1.82) is 0 Å². The molecule has 0 unspecified atom stereocenters. The fraction of sp³-hybridized carbons (Fsp3) is 0.571. The zero-order valence-electron chi connectivity index (χ0n) is 10.5. The van der Waals surface area contributed by atoms with E-state index in [4.69, 9.17) is 10.5 Å². The molecule has 0 bridgehead atoms. The van der Waals surface area contributed by atoms with Gasteiger partial charge in [-0.1, -0.05) is 32.0 Å². The van der Waals surface area contributed by atoms with Gasteiger partial charge in [0.05, 0.1) is 13.2 Å². The molecule has 0 heterocycles. The number of ether oxygens (including phenoxy) is 1. The summed E-state index contributed by atoms with van der Waals surface area (Å²) in [6.45, 7) is 6.43. The summed E-state index contributed by atoms with van der Waals surface area (Å²) >= 11 is 0. The largest absolute Gasteiger partial charge is 0.380 e. The minimum Gasteiger partial charge on any atom is -0.380 e. The lowest BCUT2D eigenvalue weighted by Crippen LogP contribution is -2.10. The van der Waals surface area contributed by atoms with Crippen molar-refractivity contribution in [2.24, 2.45) is 5.73 Å². The number of hydrogen-bond donors (Lipinski definition) is 1. The highest BCUT2D eigenvalue weighted by molar-refractivity contribution is 5.32. The third-order valence-electron chi connectivity index (χ3n) is 2.84. The van der Waals surface area contributed by atoms with Crippen molar-refractivity contribution in [2.75, 3.05) is 19.8 Å². The van der Waals surface area contributed by atoms with E-state index in [1.807, 2.05) is 0 Å². The summed E-state index contributed by atoms with van der Waals surface area (Å²) in [7, 11) is 0. The SMILES string of the molecule is CCc1ccc(CC)c(CCOCCN)c1. The van der Waals surface area contributed by atoms with E-state index in [9.17, 15) is 0 Å². The van der Waals surface area contributed by atoms with Gasteiger partial charge in [-0.3, -0.25) is 0 Å². The summed E-state index contributed by atoms with van der Waals surface area (Å²) in [5.74, 6) is 0. The Morgan fingerprint density at radius 2 is 1.88 bits per heavy atom. The maximum absolute atomic E-state index is 5.43. The molecule has 16 heavy (non-hydrogen) atoms. The van der Waals surface area contributed by atoms with Crippen molar-refractivity contribution in [3.63, 3.8) is 0 Å². The molecule has 0 aromatic heterocycles. The fourth-order valence-corrected chi connectivity index (χ4v) is 1.84. The Labute approximate surface area is 98.8 Å². The lowest BCUT2D eigenvalue weighted by atomic mass is 9.99. The minimum atomic E-state index is 0.607. The molecule has 0 aliphatic rings. The van der Waals surface area contributed by atoms with Crippen LogP contribution >= 0.6 is 0 Å². The van der Waals surface area contributed by atoms with Crippen molar-refractivity contribution in [2.45, 2.75) is 33.1 Å². The number of nitrogens with two attached hydrogens (primary N) is 1. The van der Waals surface area contributed by atoms with Crippen LogP contribution in [-0.4, -0.2) is 19.8 Å². The molecule has 0 radical (unpaired) electrons. The number of benzene rings is 1. The van der Waals surface area contributed by atoms with Crippen LogP contribution in [-0.2, 0) is 24.0 Å². The quantitative estimate of drug-likeness (QED) is 0.717. The molecule has 2 heteroatoms. The molecule has 1 aromatic rings. The molecule has 0 fully saturated rings. The molecule has 0 atom stereocenters. The predicted octanol–water partition coefficient (Wildman–Crippen LogP) is 2.33. The smallest absolute Gasteiger partial charge is 0.0588 e. The van der Waals surface area contributed by atoms with Crippen LogP contribution in [0.3, 0.4) is 0 Å². The second-order valence-corrected chi connectivity index (χ2v) is 3.96. The minimum absolute atomic E-state index is 0.607. The van der Waals surface area contributed by atoms with Crippen molar-refractivity contribution in [3.05, 3.63) is 34.9 Å². The molecule has 0 saturated heterocycles. The van der Waals surface area contributed by atoms with Gasteiger partial charge in [0.25, 0.3) is 0 Å². The van der Waals surface area contributed by atoms with Crippen LogP contribution in [0, 0.1) is 0 Å². The highest BCUT2D eigenvalue weighted by Gasteiger charge is 2.02. The Kier molecular flexibility index (Phi) is 6.12. The van der Waals surface area contributed by atoms with Crippen molar-refractivity contribution < 1.29 is 4.74 Å². The molecular formula is C14H23NO. The van der Waals surface area contributed by atoms with E-state index in [0.29, 0.717) is 13.2 Å². The zero-order chi connectivity index (χ0) is 11.8. The highest BCUT2D eigenvalue weighted by Crippen LogP contribution is 2.14. The maximum atomic E-state index is 5.43. The van der Waals surface area contributed by atoms with Gasteiger partial charge in [-0.2, -0.15) is 0 Å². The first-order valence-corrected chi connectivity index (χ1v) is 6.20. The number of rotatable bonds is 7. The molecule has 1 rings (SSSR count). The summed E-state index contributed by atoms with van der Waals surface area (Å²) < 4.78 is 5.43. The van der Waals surface area contributed by atoms with E-state index in [1.54, 1.807) is 0 Å². The summed E-state index contributed by atoms with van der Waals surface area (Å²) in [5.41, 5.74) is 9.66. The lowest BCUT2D eigenvalue weighted by molar-refractivity contribution is 0.144. The maximum Gasteiger partial charge on any atom is 0.0588 e. The van der Waals surface area contributed by atoms with Gasteiger partial charge in [0.1, 0.15) is 0 Å². The molecule has 0 saturated carbocycles. The van der Waals surface area contributed by atoms with Gasteiger partial charge in [0.2, 0.25) is 0 Å². The van der Waals surface area contributed by atoms with Gasteiger partial charge in [-0.15, -0.1) is 0 Å². The first-order chi connectivity index (χ1) is 7.81. The predicted molar refractivity (Wildman–Crippen MR) is 68.8 cm³/mol. The van der Waals surface area contributed by atoms with Crippen LogP contribution in [0.5, 0.6) is 0 Å².